The van der Waals surface area contributed by atoms with Gasteiger partial charge in [-0.15, -0.1) is 0 Å². The van der Waals surface area contributed by atoms with E-state index >= 15 is 0 Å². The van der Waals surface area contributed by atoms with Gasteiger partial charge in [-0.3, -0.25) is 25.2 Å². The fourth-order valence-corrected chi connectivity index (χ4v) is 2.55. The summed E-state index contributed by atoms with van der Waals surface area (Å²) in [6, 6.07) is 7.90. The number of anilines is 1. The van der Waals surface area contributed by atoms with Crippen molar-refractivity contribution in [2.75, 3.05) is 26.1 Å². The lowest BCUT2D eigenvalue weighted by Crippen LogP contribution is -2.43. The number of carbonyl (C=O) groups excluding carboxylic acids is 4. The number of methoxy groups -OCH3 is 2. The molecule has 3 amide bonds. The van der Waals surface area contributed by atoms with Gasteiger partial charge in [0.05, 0.1) is 31.0 Å². The van der Waals surface area contributed by atoms with Gasteiger partial charge >= 0.3 is 5.97 Å². The van der Waals surface area contributed by atoms with E-state index in [4.69, 9.17) is 14.2 Å². The Morgan fingerprint density at radius 1 is 0.912 bits per heavy atom. The van der Waals surface area contributed by atoms with Crippen LogP contribution in [0.3, 0.4) is 0 Å². The first-order valence-corrected chi connectivity index (χ1v) is 10.1. The van der Waals surface area contributed by atoms with Crippen molar-refractivity contribution >= 4 is 29.4 Å². The topological polar surface area (TPSA) is 132 Å². The molecule has 0 aliphatic heterocycles. The predicted octanol–water partition coefficient (Wildman–Crippen LogP) is 2.45. The number of benzene rings is 2. The summed E-state index contributed by atoms with van der Waals surface area (Å²) in [6.45, 7) is 4.32. The summed E-state index contributed by atoms with van der Waals surface area (Å²) < 4.78 is 29.1. The smallest absolute Gasteiger partial charge is 0.340 e. The molecule has 0 saturated carbocycles. The summed E-state index contributed by atoms with van der Waals surface area (Å²) in [4.78, 5) is 49.1. The van der Waals surface area contributed by atoms with Gasteiger partial charge in [-0.25, -0.2) is 9.18 Å². The number of amides is 3. The highest BCUT2D eigenvalue weighted by molar-refractivity contribution is 6.04. The molecule has 34 heavy (non-hydrogen) atoms. The summed E-state index contributed by atoms with van der Waals surface area (Å²) in [5.41, 5.74) is 3.03. The third-order valence-corrected chi connectivity index (χ3v) is 4.44. The molecule has 0 atom stereocenters. The molecular formula is C23H26FN3O7. The van der Waals surface area contributed by atoms with E-state index < -0.39 is 35.6 Å². The molecule has 0 aliphatic rings. The molecule has 0 radical (unpaired) electrons. The van der Waals surface area contributed by atoms with E-state index in [0.717, 1.165) is 6.07 Å². The SMILES string of the molecule is COc1cc(NC(=O)C(C)(C)C)c(C(=O)OCC(=O)NNC(=O)c2ccccc2F)cc1OC. The minimum Gasteiger partial charge on any atom is -0.493 e. The van der Waals surface area contributed by atoms with E-state index in [0.29, 0.717) is 0 Å². The molecule has 0 fully saturated rings. The number of nitrogens with one attached hydrogen (secondary N) is 3. The molecule has 11 heteroatoms. The summed E-state index contributed by atoms with van der Waals surface area (Å²) in [7, 11) is 2.76. The van der Waals surface area contributed by atoms with Gasteiger partial charge in [0.15, 0.2) is 18.1 Å². The molecule has 2 aromatic carbocycles. The molecule has 0 bridgehead atoms. The van der Waals surface area contributed by atoms with Crippen molar-refractivity contribution in [3.63, 3.8) is 0 Å². The van der Waals surface area contributed by atoms with Gasteiger partial charge in [0, 0.05) is 17.5 Å². The number of halogens is 1. The lowest BCUT2D eigenvalue weighted by Gasteiger charge is -2.20. The zero-order valence-electron chi connectivity index (χ0n) is 19.4. The first kappa shape index (κ1) is 26.1. The maximum absolute atomic E-state index is 13.6. The van der Waals surface area contributed by atoms with Crippen molar-refractivity contribution in [1.29, 1.82) is 0 Å². The van der Waals surface area contributed by atoms with Crippen molar-refractivity contribution in [1.82, 2.24) is 10.9 Å². The molecule has 3 N–H and O–H groups in total. The number of esters is 1. The monoisotopic (exact) mass is 475 g/mol. The highest BCUT2D eigenvalue weighted by atomic mass is 19.1. The molecule has 2 aromatic rings. The van der Waals surface area contributed by atoms with E-state index in [1.165, 1.54) is 44.6 Å². The number of hydrazine groups is 1. The van der Waals surface area contributed by atoms with Crippen LogP contribution in [0.2, 0.25) is 0 Å². The van der Waals surface area contributed by atoms with Crippen LogP contribution in [-0.4, -0.2) is 44.5 Å². The van der Waals surface area contributed by atoms with Gasteiger partial charge in [0.25, 0.3) is 11.8 Å². The molecule has 182 valence electrons. The van der Waals surface area contributed by atoms with Crippen LogP contribution in [0.15, 0.2) is 36.4 Å². The first-order valence-electron chi connectivity index (χ1n) is 10.1. The quantitative estimate of drug-likeness (QED) is 0.414. The van der Waals surface area contributed by atoms with Crippen LogP contribution in [0.25, 0.3) is 0 Å². The highest BCUT2D eigenvalue weighted by Crippen LogP contribution is 2.34. The maximum Gasteiger partial charge on any atom is 0.340 e. The minimum atomic E-state index is -0.944. The van der Waals surface area contributed by atoms with Crippen molar-refractivity contribution in [3.8, 4) is 11.5 Å². The molecule has 2 rings (SSSR count). The molecule has 0 spiro atoms. The van der Waals surface area contributed by atoms with Gasteiger partial charge in [-0.05, 0) is 12.1 Å². The molecule has 0 aromatic heterocycles. The van der Waals surface area contributed by atoms with E-state index in [-0.39, 0.29) is 34.2 Å². The Morgan fingerprint density at radius 2 is 1.53 bits per heavy atom. The Balaban J connectivity index is 2.10. The highest BCUT2D eigenvalue weighted by Gasteiger charge is 2.26. The Bertz CT molecular complexity index is 1100. The van der Waals surface area contributed by atoms with Crippen molar-refractivity contribution < 1.29 is 37.8 Å². The van der Waals surface area contributed by atoms with Crippen LogP contribution in [-0.2, 0) is 14.3 Å². The lowest BCUT2D eigenvalue weighted by atomic mass is 9.95. The lowest BCUT2D eigenvalue weighted by molar-refractivity contribution is -0.125. The van der Waals surface area contributed by atoms with Gasteiger partial charge in [-0.1, -0.05) is 32.9 Å². The molecule has 0 aliphatic carbocycles. The molecule has 0 heterocycles. The van der Waals surface area contributed by atoms with Crippen LogP contribution >= 0.6 is 0 Å². The van der Waals surface area contributed by atoms with Crippen LogP contribution in [0, 0.1) is 11.2 Å². The minimum absolute atomic E-state index is 0.0848. The second kappa shape index (κ2) is 11.1. The fourth-order valence-electron chi connectivity index (χ4n) is 2.55. The predicted molar refractivity (Wildman–Crippen MR) is 120 cm³/mol. The summed E-state index contributed by atoms with van der Waals surface area (Å²) in [5.74, 6) is -3.38. The van der Waals surface area contributed by atoms with Crippen molar-refractivity contribution in [2.24, 2.45) is 5.41 Å². The number of hydrogen-bond donors (Lipinski definition) is 3. The van der Waals surface area contributed by atoms with Crippen molar-refractivity contribution in [2.45, 2.75) is 20.8 Å². The van der Waals surface area contributed by atoms with Crippen LogP contribution < -0.4 is 25.6 Å². The Morgan fingerprint density at radius 3 is 2.12 bits per heavy atom. The third kappa shape index (κ3) is 6.67. The average molecular weight is 475 g/mol. The standard InChI is InChI=1S/C23H26FN3O7/c1-23(2,3)22(31)25-16-11-18(33-5)17(32-4)10-14(16)21(30)34-12-19(28)26-27-20(29)13-8-6-7-9-15(13)24/h6-11H,12H2,1-5H3,(H,25,31)(H,26,28)(H,27,29). The number of ether oxygens (including phenoxy) is 3. The zero-order chi connectivity index (χ0) is 25.5. The van der Waals surface area contributed by atoms with Gasteiger partial charge in [0.2, 0.25) is 5.91 Å². The second-order valence-corrected chi connectivity index (χ2v) is 8.02. The molecular weight excluding hydrogens is 449 g/mol. The second-order valence-electron chi connectivity index (χ2n) is 8.02. The molecule has 10 nitrogen and oxygen atoms in total. The first-order chi connectivity index (χ1) is 16.0. The Labute approximate surface area is 195 Å². The largest absolute Gasteiger partial charge is 0.493 e. The fraction of sp³-hybridized carbons (Fsp3) is 0.304. The molecule has 0 saturated heterocycles. The Hall–Kier alpha value is -4.15. The van der Waals surface area contributed by atoms with Crippen LogP contribution in [0.4, 0.5) is 10.1 Å². The van der Waals surface area contributed by atoms with E-state index in [2.05, 4.69) is 5.32 Å². The summed E-state index contributed by atoms with van der Waals surface area (Å²) in [6.07, 6.45) is 0. The normalized spacial score (nSPS) is 10.6. The van der Waals surface area contributed by atoms with Gasteiger partial charge in [0.1, 0.15) is 5.82 Å². The van der Waals surface area contributed by atoms with E-state index in [9.17, 15) is 23.6 Å². The van der Waals surface area contributed by atoms with Crippen LogP contribution in [0.5, 0.6) is 11.5 Å². The van der Waals surface area contributed by atoms with Gasteiger partial charge < -0.3 is 19.5 Å². The maximum atomic E-state index is 13.6. The van der Waals surface area contributed by atoms with Crippen LogP contribution in [0.1, 0.15) is 41.5 Å². The number of carbonyl (C=O) groups is 4. The summed E-state index contributed by atoms with van der Waals surface area (Å²) >= 11 is 0. The number of rotatable bonds is 7. The average Bonchev–Trinajstić information content (AvgIpc) is 2.80. The summed E-state index contributed by atoms with van der Waals surface area (Å²) in [5, 5.41) is 2.64. The molecule has 0 unspecified atom stereocenters. The van der Waals surface area contributed by atoms with E-state index in [1.54, 1.807) is 20.8 Å². The third-order valence-electron chi connectivity index (χ3n) is 4.44. The zero-order valence-corrected chi connectivity index (χ0v) is 19.4. The van der Waals surface area contributed by atoms with Crippen molar-refractivity contribution in [3.05, 3.63) is 53.3 Å². The Kier molecular flexibility index (Phi) is 8.54. The van der Waals surface area contributed by atoms with E-state index in [1.807, 2.05) is 10.9 Å². The van der Waals surface area contributed by atoms with Gasteiger partial charge in [-0.2, -0.15) is 0 Å². The number of hydrogen-bond acceptors (Lipinski definition) is 7.